The lowest BCUT2D eigenvalue weighted by molar-refractivity contribution is 0.0909. The summed E-state index contributed by atoms with van der Waals surface area (Å²) in [6.45, 7) is 1.27. The maximum absolute atomic E-state index is 6.30. The number of rotatable bonds is 2. The fourth-order valence-corrected chi connectivity index (χ4v) is 4.73. The van der Waals surface area contributed by atoms with Gasteiger partial charge in [0.05, 0.1) is 18.2 Å². The predicted octanol–water partition coefficient (Wildman–Crippen LogP) is 3.32. The summed E-state index contributed by atoms with van der Waals surface area (Å²) in [5.41, 5.74) is 2.06. The Bertz CT molecular complexity index is 685. The molecule has 25 heavy (non-hydrogen) atoms. The van der Waals surface area contributed by atoms with Crippen molar-refractivity contribution in [2.45, 2.75) is 56.7 Å². The second-order valence-corrected chi connectivity index (χ2v) is 7.71. The molecule has 0 aliphatic carbocycles. The van der Waals surface area contributed by atoms with Crippen LogP contribution in [0.2, 0.25) is 5.02 Å². The van der Waals surface area contributed by atoms with Crippen LogP contribution in [0.15, 0.2) is 17.2 Å². The normalized spacial score (nSPS) is 30.0. The molecule has 2 bridgehead atoms. The topological polar surface area (TPSA) is 46.1 Å². The summed E-state index contributed by atoms with van der Waals surface area (Å²) >= 11 is 6.30. The summed E-state index contributed by atoms with van der Waals surface area (Å²) in [7, 11) is 0. The number of ether oxygens (including phenoxy) is 2. The number of halogens is 2. The van der Waals surface area contributed by atoms with E-state index in [1.165, 1.54) is 12.8 Å². The number of hydrazone groups is 1. The summed E-state index contributed by atoms with van der Waals surface area (Å²) in [6, 6.07) is 5.68. The third kappa shape index (κ3) is 3.18. The zero-order chi connectivity index (χ0) is 16.1. The molecule has 0 amide bonds. The fourth-order valence-electron chi connectivity index (χ4n) is 4.49. The Morgan fingerprint density at radius 3 is 2.76 bits per heavy atom. The van der Waals surface area contributed by atoms with E-state index in [-0.39, 0.29) is 12.4 Å². The smallest absolute Gasteiger partial charge is 0.243 e. The SMILES string of the molecule is Cl.Clc1cc2c(c(C3=NN(C4CC5CCC(C4)N5)CO3)c1)OCCC2. The minimum Gasteiger partial charge on any atom is -0.492 e. The highest BCUT2D eigenvalue weighted by Gasteiger charge is 2.38. The van der Waals surface area contributed by atoms with Gasteiger partial charge in [-0.2, -0.15) is 0 Å². The van der Waals surface area contributed by atoms with Gasteiger partial charge in [0.25, 0.3) is 0 Å². The number of nitrogens with zero attached hydrogens (tertiary/aromatic N) is 2. The van der Waals surface area contributed by atoms with E-state index in [0.29, 0.717) is 30.8 Å². The molecular formula is C18H23Cl2N3O2. The quantitative estimate of drug-likeness (QED) is 0.850. The predicted molar refractivity (Wildman–Crippen MR) is 99.8 cm³/mol. The average Bonchev–Trinajstić information content (AvgIpc) is 3.21. The summed E-state index contributed by atoms with van der Waals surface area (Å²) in [5, 5.41) is 11.3. The molecule has 1 aromatic rings. The van der Waals surface area contributed by atoms with Crippen LogP contribution in [0.1, 0.15) is 43.2 Å². The van der Waals surface area contributed by atoms with Crippen LogP contribution < -0.4 is 10.1 Å². The number of aryl methyl sites for hydroxylation is 1. The number of hydrogen-bond donors (Lipinski definition) is 1. The fraction of sp³-hybridized carbons (Fsp3) is 0.611. The molecule has 4 heterocycles. The van der Waals surface area contributed by atoms with Crippen molar-refractivity contribution in [1.29, 1.82) is 0 Å². The Hall–Kier alpha value is -1.17. The molecule has 0 spiro atoms. The maximum Gasteiger partial charge on any atom is 0.243 e. The van der Waals surface area contributed by atoms with E-state index in [4.69, 9.17) is 26.2 Å². The van der Waals surface area contributed by atoms with E-state index in [2.05, 4.69) is 10.3 Å². The Morgan fingerprint density at radius 2 is 1.96 bits per heavy atom. The molecule has 5 nitrogen and oxygen atoms in total. The summed E-state index contributed by atoms with van der Waals surface area (Å²) in [4.78, 5) is 0. The van der Waals surface area contributed by atoms with E-state index in [0.717, 1.165) is 54.2 Å². The monoisotopic (exact) mass is 383 g/mol. The third-order valence-electron chi connectivity index (χ3n) is 5.62. The van der Waals surface area contributed by atoms with Crippen molar-refractivity contribution in [3.8, 4) is 5.75 Å². The molecule has 0 radical (unpaired) electrons. The number of piperidine rings is 1. The minimum absolute atomic E-state index is 0. The molecule has 0 saturated carbocycles. The van der Waals surface area contributed by atoms with Crippen LogP contribution in [0.4, 0.5) is 0 Å². The van der Waals surface area contributed by atoms with Gasteiger partial charge >= 0.3 is 0 Å². The van der Waals surface area contributed by atoms with E-state index in [1.54, 1.807) is 0 Å². The van der Waals surface area contributed by atoms with Crippen LogP contribution in [0.5, 0.6) is 5.75 Å². The van der Waals surface area contributed by atoms with E-state index < -0.39 is 0 Å². The Balaban J connectivity index is 0.00000157. The Labute approximate surface area is 159 Å². The van der Waals surface area contributed by atoms with Crippen molar-refractivity contribution >= 4 is 29.9 Å². The van der Waals surface area contributed by atoms with Crippen molar-refractivity contribution in [3.63, 3.8) is 0 Å². The maximum atomic E-state index is 6.30. The number of hydrogen-bond acceptors (Lipinski definition) is 5. The lowest BCUT2D eigenvalue weighted by Crippen LogP contribution is -2.46. The second-order valence-electron chi connectivity index (χ2n) is 7.27. The molecule has 136 valence electrons. The lowest BCUT2D eigenvalue weighted by atomic mass is 10.00. The van der Waals surface area contributed by atoms with E-state index in [1.807, 2.05) is 12.1 Å². The first-order valence-electron chi connectivity index (χ1n) is 8.96. The van der Waals surface area contributed by atoms with Crippen LogP contribution in [-0.2, 0) is 11.2 Å². The van der Waals surface area contributed by atoms with Gasteiger partial charge in [0.2, 0.25) is 5.90 Å². The van der Waals surface area contributed by atoms with Crippen LogP contribution in [0.3, 0.4) is 0 Å². The van der Waals surface area contributed by atoms with Gasteiger partial charge in [-0.1, -0.05) is 11.6 Å². The van der Waals surface area contributed by atoms with Gasteiger partial charge in [-0.15, -0.1) is 17.5 Å². The van der Waals surface area contributed by atoms with Crippen molar-refractivity contribution in [2.75, 3.05) is 13.3 Å². The molecule has 1 aromatic carbocycles. The molecular weight excluding hydrogens is 361 g/mol. The van der Waals surface area contributed by atoms with Crippen molar-refractivity contribution in [2.24, 2.45) is 5.10 Å². The summed E-state index contributed by atoms with van der Waals surface area (Å²) in [5.74, 6) is 1.55. The highest BCUT2D eigenvalue weighted by atomic mass is 35.5. The molecule has 1 N–H and O–H groups in total. The highest BCUT2D eigenvalue weighted by Crippen LogP contribution is 2.35. The van der Waals surface area contributed by atoms with Crippen LogP contribution in [0, 0.1) is 0 Å². The van der Waals surface area contributed by atoms with Crippen LogP contribution >= 0.6 is 24.0 Å². The van der Waals surface area contributed by atoms with Gasteiger partial charge in [-0.25, -0.2) is 0 Å². The van der Waals surface area contributed by atoms with Gasteiger partial charge in [0.15, 0.2) is 6.73 Å². The Morgan fingerprint density at radius 1 is 1.16 bits per heavy atom. The van der Waals surface area contributed by atoms with E-state index in [9.17, 15) is 0 Å². The van der Waals surface area contributed by atoms with E-state index >= 15 is 0 Å². The molecule has 4 aliphatic rings. The molecule has 2 atom stereocenters. The first-order valence-corrected chi connectivity index (χ1v) is 9.34. The molecule has 2 saturated heterocycles. The van der Waals surface area contributed by atoms with Gasteiger partial charge in [-0.3, -0.25) is 5.01 Å². The molecule has 0 aromatic heterocycles. The lowest BCUT2D eigenvalue weighted by Gasteiger charge is -2.33. The largest absolute Gasteiger partial charge is 0.492 e. The average molecular weight is 384 g/mol. The second kappa shape index (κ2) is 6.86. The summed E-state index contributed by atoms with van der Waals surface area (Å²) in [6.07, 6.45) is 6.92. The standard InChI is InChI=1S/C18H22ClN3O2.ClH/c19-12-6-11-2-1-5-23-17(11)16(7-12)18-21-22(10-24-18)15-8-13-3-4-14(9-15)20-13;/h6-7,13-15,20H,1-5,8-10H2;1H. The molecule has 2 fully saturated rings. The van der Waals surface area contributed by atoms with Crippen LogP contribution in [0.25, 0.3) is 0 Å². The van der Waals surface area contributed by atoms with Gasteiger partial charge in [0.1, 0.15) is 5.75 Å². The number of benzene rings is 1. The van der Waals surface area contributed by atoms with Crippen molar-refractivity contribution in [3.05, 3.63) is 28.3 Å². The molecule has 4 aliphatic heterocycles. The number of fused-ring (bicyclic) bond motifs is 3. The van der Waals surface area contributed by atoms with Gasteiger partial charge < -0.3 is 14.8 Å². The first kappa shape index (κ1) is 17.3. The highest BCUT2D eigenvalue weighted by molar-refractivity contribution is 6.31. The third-order valence-corrected chi connectivity index (χ3v) is 5.84. The molecule has 2 unspecified atom stereocenters. The zero-order valence-electron chi connectivity index (χ0n) is 14.0. The zero-order valence-corrected chi connectivity index (χ0v) is 15.6. The van der Waals surface area contributed by atoms with Gasteiger partial charge in [0, 0.05) is 17.1 Å². The Kier molecular flexibility index (Phi) is 4.73. The minimum atomic E-state index is 0. The molecule has 5 rings (SSSR count). The first-order chi connectivity index (χ1) is 11.8. The van der Waals surface area contributed by atoms with Crippen molar-refractivity contribution in [1.82, 2.24) is 10.3 Å². The summed E-state index contributed by atoms with van der Waals surface area (Å²) < 4.78 is 11.8. The molecule has 7 heteroatoms. The van der Waals surface area contributed by atoms with Gasteiger partial charge in [-0.05, 0) is 56.2 Å². The number of nitrogens with one attached hydrogen (secondary N) is 1. The van der Waals surface area contributed by atoms with Crippen LogP contribution in [-0.4, -0.2) is 42.4 Å². The van der Waals surface area contributed by atoms with Crippen molar-refractivity contribution < 1.29 is 9.47 Å².